The number of hydrogen-bond donors (Lipinski definition) is 2. The van der Waals surface area contributed by atoms with Gasteiger partial charge in [0.15, 0.2) is 0 Å². The lowest BCUT2D eigenvalue weighted by molar-refractivity contribution is 0.263. The van der Waals surface area contributed by atoms with Crippen LogP contribution in [0.5, 0.6) is 0 Å². The number of aromatic amines is 1. The third kappa shape index (κ3) is 2.94. The van der Waals surface area contributed by atoms with Crippen LogP contribution in [0.15, 0.2) is 36.9 Å². The molecule has 4 aromatic heterocycles. The summed E-state index contributed by atoms with van der Waals surface area (Å²) in [5, 5.41) is 8.87. The first-order valence-electron chi connectivity index (χ1n) is 9.41. The molecule has 0 unspecified atom stereocenters. The molecule has 0 atom stereocenters. The van der Waals surface area contributed by atoms with Gasteiger partial charge in [-0.2, -0.15) is 10.1 Å². The standard InChI is InChI=1S/C20H23N7/c1-13-10-23-27-8-3-14(9-18(13)27)16-11-21-19-17(16)12-22-20(25-19)24-15-4-6-26(2)7-5-15/h3,8-12,15H,4-7H2,1-2H3,(H2,21,22,24,25). The Morgan fingerprint density at radius 2 is 2.07 bits per heavy atom. The minimum absolute atomic E-state index is 0.445. The van der Waals surface area contributed by atoms with E-state index in [1.165, 1.54) is 0 Å². The lowest BCUT2D eigenvalue weighted by Crippen LogP contribution is -2.37. The molecule has 0 aliphatic carbocycles. The van der Waals surface area contributed by atoms with Crippen LogP contribution >= 0.6 is 0 Å². The third-order valence-electron chi connectivity index (χ3n) is 5.51. The highest BCUT2D eigenvalue weighted by Gasteiger charge is 2.18. The second kappa shape index (κ2) is 6.35. The van der Waals surface area contributed by atoms with Gasteiger partial charge in [-0.3, -0.25) is 0 Å². The molecule has 1 aliphatic rings. The van der Waals surface area contributed by atoms with Gasteiger partial charge in [0.05, 0.1) is 11.7 Å². The molecule has 1 saturated heterocycles. The highest BCUT2D eigenvalue weighted by atomic mass is 15.2. The van der Waals surface area contributed by atoms with E-state index < -0.39 is 0 Å². The molecule has 5 rings (SSSR count). The van der Waals surface area contributed by atoms with Crippen molar-refractivity contribution in [1.29, 1.82) is 0 Å². The third-order valence-corrected chi connectivity index (χ3v) is 5.51. The molecule has 0 radical (unpaired) electrons. The van der Waals surface area contributed by atoms with E-state index >= 15 is 0 Å². The molecule has 0 bridgehead atoms. The maximum Gasteiger partial charge on any atom is 0.224 e. The van der Waals surface area contributed by atoms with Gasteiger partial charge in [0.25, 0.3) is 0 Å². The van der Waals surface area contributed by atoms with Crippen LogP contribution in [-0.2, 0) is 0 Å². The highest BCUT2D eigenvalue weighted by molar-refractivity contribution is 5.94. The lowest BCUT2D eigenvalue weighted by atomic mass is 10.1. The van der Waals surface area contributed by atoms with Crippen molar-refractivity contribution in [2.45, 2.75) is 25.8 Å². The van der Waals surface area contributed by atoms with Crippen molar-refractivity contribution in [3.05, 3.63) is 42.5 Å². The second-order valence-corrected chi connectivity index (χ2v) is 7.45. The Hall–Kier alpha value is -2.93. The normalized spacial score (nSPS) is 16.4. The number of rotatable bonds is 3. The minimum Gasteiger partial charge on any atom is -0.351 e. The van der Waals surface area contributed by atoms with Crippen LogP contribution in [-0.4, -0.2) is 55.6 Å². The number of H-pyrrole nitrogens is 1. The topological polar surface area (TPSA) is 74.1 Å². The first-order chi connectivity index (χ1) is 13.2. The van der Waals surface area contributed by atoms with Gasteiger partial charge >= 0.3 is 0 Å². The summed E-state index contributed by atoms with van der Waals surface area (Å²) in [6.07, 6.45) is 10.1. The maximum atomic E-state index is 4.70. The molecule has 2 N–H and O–H groups in total. The number of anilines is 1. The molecular weight excluding hydrogens is 338 g/mol. The van der Waals surface area contributed by atoms with Crippen molar-refractivity contribution in [2.24, 2.45) is 0 Å². The van der Waals surface area contributed by atoms with Crippen molar-refractivity contribution in [3.63, 3.8) is 0 Å². The van der Waals surface area contributed by atoms with Crippen LogP contribution in [0.25, 0.3) is 27.7 Å². The Balaban J connectivity index is 1.45. The van der Waals surface area contributed by atoms with Crippen LogP contribution in [0, 0.1) is 6.92 Å². The zero-order valence-corrected chi connectivity index (χ0v) is 15.6. The number of pyridine rings is 1. The molecule has 7 heteroatoms. The zero-order chi connectivity index (χ0) is 18.4. The molecule has 0 saturated carbocycles. The fourth-order valence-electron chi connectivity index (χ4n) is 3.82. The second-order valence-electron chi connectivity index (χ2n) is 7.45. The fraction of sp³-hybridized carbons (Fsp3) is 0.350. The van der Waals surface area contributed by atoms with Gasteiger partial charge in [-0.05, 0) is 63.2 Å². The van der Waals surface area contributed by atoms with E-state index in [0.717, 1.165) is 59.2 Å². The summed E-state index contributed by atoms with van der Waals surface area (Å²) in [4.78, 5) is 14.9. The predicted molar refractivity (Wildman–Crippen MR) is 107 cm³/mol. The number of aryl methyl sites for hydroxylation is 1. The Labute approximate surface area is 157 Å². The molecular formula is C20H23N7. The predicted octanol–water partition coefficient (Wildman–Crippen LogP) is 3.09. The van der Waals surface area contributed by atoms with Crippen LogP contribution in [0.1, 0.15) is 18.4 Å². The summed E-state index contributed by atoms with van der Waals surface area (Å²) in [5.74, 6) is 0.701. The van der Waals surface area contributed by atoms with Crippen molar-refractivity contribution in [3.8, 4) is 11.1 Å². The summed E-state index contributed by atoms with van der Waals surface area (Å²) in [5.41, 5.74) is 5.39. The molecule has 0 aromatic carbocycles. The first-order valence-corrected chi connectivity index (χ1v) is 9.41. The monoisotopic (exact) mass is 361 g/mol. The van der Waals surface area contributed by atoms with Gasteiger partial charge in [-0.25, -0.2) is 9.50 Å². The average molecular weight is 361 g/mol. The zero-order valence-electron chi connectivity index (χ0n) is 15.6. The van der Waals surface area contributed by atoms with E-state index in [0.29, 0.717) is 12.0 Å². The fourth-order valence-corrected chi connectivity index (χ4v) is 3.82. The number of nitrogens with one attached hydrogen (secondary N) is 2. The Morgan fingerprint density at radius 1 is 1.22 bits per heavy atom. The minimum atomic E-state index is 0.445. The molecule has 138 valence electrons. The van der Waals surface area contributed by atoms with Crippen LogP contribution < -0.4 is 5.32 Å². The van der Waals surface area contributed by atoms with E-state index in [9.17, 15) is 0 Å². The average Bonchev–Trinajstić information content (AvgIpc) is 3.27. The van der Waals surface area contributed by atoms with Gasteiger partial charge in [-0.15, -0.1) is 0 Å². The van der Waals surface area contributed by atoms with Crippen molar-refractivity contribution in [1.82, 2.24) is 29.5 Å². The number of nitrogens with zero attached hydrogens (tertiary/aromatic N) is 5. The van der Waals surface area contributed by atoms with Gasteiger partial charge < -0.3 is 15.2 Å². The van der Waals surface area contributed by atoms with Crippen molar-refractivity contribution >= 4 is 22.5 Å². The summed E-state index contributed by atoms with van der Waals surface area (Å²) >= 11 is 0. The Bertz CT molecular complexity index is 1100. The van der Waals surface area contributed by atoms with Gasteiger partial charge in [0.1, 0.15) is 5.65 Å². The molecule has 1 aliphatic heterocycles. The summed E-state index contributed by atoms with van der Waals surface area (Å²) in [6.45, 7) is 4.30. The van der Waals surface area contributed by atoms with Crippen LogP contribution in [0.3, 0.4) is 0 Å². The molecule has 1 fully saturated rings. The van der Waals surface area contributed by atoms with Gasteiger partial charge in [-0.1, -0.05) is 0 Å². The number of fused-ring (bicyclic) bond motifs is 2. The quantitative estimate of drug-likeness (QED) is 0.587. The van der Waals surface area contributed by atoms with E-state index in [2.05, 4.69) is 51.4 Å². The van der Waals surface area contributed by atoms with Crippen LogP contribution in [0.4, 0.5) is 5.95 Å². The van der Waals surface area contributed by atoms with Crippen molar-refractivity contribution in [2.75, 3.05) is 25.5 Å². The molecule has 0 spiro atoms. The van der Waals surface area contributed by atoms with Crippen LogP contribution in [0.2, 0.25) is 0 Å². The lowest BCUT2D eigenvalue weighted by Gasteiger charge is -2.29. The summed E-state index contributed by atoms with van der Waals surface area (Å²) in [7, 11) is 2.17. The number of likely N-dealkylation sites (tertiary alicyclic amines) is 1. The summed E-state index contributed by atoms with van der Waals surface area (Å²) < 4.78 is 1.90. The van der Waals surface area contributed by atoms with E-state index in [4.69, 9.17) is 4.98 Å². The molecule has 7 nitrogen and oxygen atoms in total. The van der Waals surface area contributed by atoms with E-state index in [1.54, 1.807) is 0 Å². The smallest absolute Gasteiger partial charge is 0.224 e. The van der Waals surface area contributed by atoms with E-state index in [1.807, 2.05) is 29.3 Å². The molecule has 27 heavy (non-hydrogen) atoms. The number of aromatic nitrogens is 5. The Kier molecular flexibility index (Phi) is 3.82. The van der Waals surface area contributed by atoms with E-state index in [-0.39, 0.29) is 0 Å². The molecule has 0 amide bonds. The SMILES string of the molecule is Cc1cnn2ccc(-c3c[nH]c4nc(NC5CCN(C)CC5)ncc34)cc12. The van der Waals surface area contributed by atoms with Gasteiger partial charge in [0, 0.05) is 35.6 Å². The Morgan fingerprint density at radius 3 is 2.93 bits per heavy atom. The molecule has 4 aromatic rings. The largest absolute Gasteiger partial charge is 0.351 e. The first kappa shape index (κ1) is 16.3. The number of piperidine rings is 1. The molecule has 5 heterocycles. The highest BCUT2D eigenvalue weighted by Crippen LogP contribution is 2.29. The van der Waals surface area contributed by atoms with Crippen molar-refractivity contribution < 1.29 is 0 Å². The number of hydrogen-bond acceptors (Lipinski definition) is 5. The van der Waals surface area contributed by atoms with Gasteiger partial charge in [0.2, 0.25) is 5.95 Å². The summed E-state index contributed by atoms with van der Waals surface area (Å²) in [6, 6.07) is 4.68. The maximum absolute atomic E-state index is 4.70.